The molecule has 0 amide bonds. The summed E-state index contributed by atoms with van der Waals surface area (Å²) in [6, 6.07) is 34.8. The molecule has 1 N–H and O–H groups in total. The molecule has 0 bridgehead atoms. The summed E-state index contributed by atoms with van der Waals surface area (Å²) in [5, 5.41) is 9.40. The summed E-state index contributed by atoms with van der Waals surface area (Å²) in [4.78, 5) is 22.9. The fourth-order valence-electron chi connectivity index (χ4n) is 4.02. The topological polar surface area (TPSA) is 71.7 Å². The van der Waals surface area contributed by atoms with Crippen LogP contribution in [0.1, 0.15) is 10.4 Å². The fraction of sp³-hybridized carbons (Fsp3) is 0. The van der Waals surface area contributed by atoms with Crippen molar-refractivity contribution in [3.63, 3.8) is 0 Å². The van der Waals surface area contributed by atoms with Crippen molar-refractivity contribution in [1.82, 2.24) is 15.1 Å². The summed E-state index contributed by atoms with van der Waals surface area (Å²) in [5.74, 6) is 1.12. The van der Waals surface area contributed by atoms with Crippen LogP contribution < -0.4 is 10.00 Å². The van der Waals surface area contributed by atoms with E-state index in [1.54, 1.807) is 12.1 Å². The third kappa shape index (κ3) is 4.72. The number of fused-ring (bicyclic) bond motifs is 1. The monoisotopic (exact) mass is 518 g/mol. The minimum absolute atomic E-state index is 0.221. The number of hydrogen-bond acceptors (Lipinski definition) is 7. The molecule has 2 heterocycles. The van der Waals surface area contributed by atoms with Crippen LogP contribution in [-0.4, -0.2) is 21.0 Å². The summed E-state index contributed by atoms with van der Waals surface area (Å²) >= 11 is 5.74. The first-order valence-corrected chi connectivity index (χ1v) is 12.8. The number of anilines is 2. The lowest BCUT2D eigenvalue weighted by Gasteiger charge is -2.11. The van der Waals surface area contributed by atoms with Crippen molar-refractivity contribution in [3.05, 3.63) is 115 Å². The van der Waals surface area contributed by atoms with Gasteiger partial charge in [0.1, 0.15) is 5.82 Å². The van der Waals surface area contributed by atoms with Crippen molar-refractivity contribution in [3.8, 4) is 22.0 Å². The van der Waals surface area contributed by atoms with E-state index in [2.05, 4.69) is 23.0 Å². The smallest absolute Gasteiger partial charge is 0.340 e. The van der Waals surface area contributed by atoms with Gasteiger partial charge in [-0.1, -0.05) is 60.7 Å². The van der Waals surface area contributed by atoms with Gasteiger partial charge in [-0.2, -0.15) is 0 Å². The highest BCUT2D eigenvalue weighted by atomic mass is 32.2. The van der Waals surface area contributed by atoms with Crippen molar-refractivity contribution in [1.29, 1.82) is 0 Å². The van der Waals surface area contributed by atoms with Gasteiger partial charge in [0.2, 0.25) is 4.34 Å². The maximum absolute atomic E-state index is 13.3. The number of carbonyl (C=O) groups excluding carboxylic acids is 1. The molecular weight excluding hydrogens is 498 g/mol. The van der Waals surface area contributed by atoms with E-state index in [4.69, 9.17) is 9.97 Å². The fourth-order valence-corrected chi connectivity index (χ4v) is 5.13. The van der Waals surface area contributed by atoms with Crippen molar-refractivity contribution >= 4 is 52.3 Å². The highest BCUT2D eigenvalue weighted by molar-refractivity contribution is 7.82. The van der Waals surface area contributed by atoms with Gasteiger partial charge >= 0.3 is 10.9 Å². The molecule has 6 rings (SSSR count). The molecule has 0 saturated heterocycles. The second-order valence-electron chi connectivity index (χ2n) is 8.25. The number of nitrogens with one attached hydrogen (secondary N) is 1. The number of para-hydroxylation sites is 1. The van der Waals surface area contributed by atoms with E-state index in [0.717, 1.165) is 32.7 Å². The molecule has 6 nitrogen and oxygen atoms in total. The van der Waals surface area contributed by atoms with Crippen LogP contribution in [0, 0.1) is 0 Å². The van der Waals surface area contributed by atoms with Gasteiger partial charge < -0.3 is 5.32 Å². The standard InChI is InChI=1S/C29H19N5OS2/c35-27(34-28(37-29(36)33-34)21-11-5-2-6-12-21)20-15-17-22(18-16-20)30-26-23-13-7-8-14-24(23)31-25(32-26)19-9-3-1-4-10-19/h1-18H,(H-,30,31,32,33,35,36)/p+1. The van der Waals surface area contributed by atoms with Crippen LogP contribution in [-0.2, 0) is 0 Å². The molecule has 0 atom stereocenters. The third-order valence-corrected chi connectivity index (χ3v) is 7.04. The van der Waals surface area contributed by atoms with E-state index in [1.807, 2.05) is 97.1 Å². The molecule has 0 aliphatic carbocycles. The van der Waals surface area contributed by atoms with Crippen LogP contribution in [0.25, 0.3) is 32.9 Å². The Balaban J connectivity index is 1.31. The normalized spacial score (nSPS) is 10.9. The average molecular weight is 519 g/mol. The zero-order valence-electron chi connectivity index (χ0n) is 19.4. The highest BCUT2D eigenvalue weighted by Gasteiger charge is 2.29. The Hall–Kier alpha value is -4.40. The molecule has 0 saturated carbocycles. The number of carbonyl (C=O) groups is 1. The van der Waals surface area contributed by atoms with Crippen molar-refractivity contribution < 1.29 is 9.48 Å². The number of rotatable bonds is 5. The van der Waals surface area contributed by atoms with E-state index in [0.29, 0.717) is 21.5 Å². The van der Waals surface area contributed by atoms with Crippen LogP contribution >= 0.6 is 24.0 Å². The Morgan fingerprint density at radius 3 is 2.14 bits per heavy atom. The van der Waals surface area contributed by atoms with Gasteiger partial charge in [-0.05, 0) is 59.9 Å². The van der Waals surface area contributed by atoms with Gasteiger partial charge in [0.05, 0.1) is 16.6 Å². The lowest BCUT2D eigenvalue weighted by molar-refractivity contribution is -0.621. The van der Waals surface area contributed by atoms with E-state index in [-0.39, 0.29) is 5.91 Å². The Labute approximate surface area is 222 Å². The maximum Gasteiger partial charge on any atom is 0.450 e. The summed E-state index contributed by atoms with van der Waals surface area (Å²) < 4.78 is 1.94. The van der Waals surface area contributed by atoms with Gasteiger partial charge in [-0.15, -0.1) is 12.6 Å². The zero-order chi connectivity index (χ0) is 25.2. The van der Waals surface area contributed by atoms with Gasteiger partial charge in [-0.3, -0.25) is 0 Å². The van der Waals surface area contributed by atoms with Gasteiger partial charge in [-0.25, -0.2) is 14.8 Å². The minimum Gasteiger partial charge on any atom is -0.340 e. The van der Waals surface area contributed by atoms with E-state index >= 15 is 0 Å². The number of hydrogen-bond donors (Lipinski definition) is 2. The maximum atomic E-state index is 13.3. The summed E-state index contributed by atoms with van der Waals surface area (Å²) in [6.07, 6.45) is 0. The first kappa shape index (κ1) is 23.0. The SMILES string of the molecule is O=C(c1ccc(Nc2nc(-c3ccccc3)nc3ccccc23)cc1)[n+]1nc(S)sc1-c1ccccc1. The lowest BCUT2D eigenvalue weighted by Crippen LogP contribution is -2.46. The Bertz CT molecular complexity index is 1720. The molecule has 8 heteroatoms. The Morgan fingerprint density at radius 1 is 0.757 bits per heavy atom. The highest BCUT2D eigenvalue weighted by Crippen LogP contribution is 2.28. The van der Waals surface area contributed by atoms with Gasteiger partial charge in [0.15, 0.2) is 5.82 Å². The number of thiol groups is 1. The molecule has 0 radical (unpaired) electrons. The van der Waals surface area contributed by atoms with E-state index in [1.165, 1.54) is 16.0 Å². The molecule has 0 unspecified atom stereocenters. The molecule has 0 spiro atoms. The molecule has 4 aromatic carbocycles. The van der Waals surface area contributed by atoms with Crippen LogP contribution in [0.5, 0.6) is 0 Å². The molecule has 178 valence electrons. The van der Waals surface area contributed by atoms with Crippen LogP contribution in [0.4, 0.5) is 11.5 Å². The molecule has 0 fully saturated rings. The van der Waals surface area contributed by atoms with Crippen molar-refractivity contribution in [2.24, 2.45) is 0 Å². The predicted molar refractivity (Wildman–Crippen MR) is 149 cm³/mol. The lowest BCUT2D eigenvalue weighted by atomic mass is 10.1. The molecule has 0 aliphatic heterocycles. The van der Waals surface area contributed by atoms with Gasteiger partial charge in [0.25, 0.3) is 0 Å². The first-order chi connectivity index (χ1) is 18.2. The van der Waals surface area contributed by atoms with Gasteiger partial charge in [0, 0.05) is 26.4 Å². The van der Waals surface area contributed by atoms with Crippen LogP contribution in [0.3, 0.4) is 0 Å². The number of aromatic nitrogens is 4. The predicted octanol–water partition coefficient (Wildman–Crippen LogP) is 6.43. The largest absolute Gasteiger partial charge is 0.450 e. The molecule has 0 aliphatic rings. The summed E-state index contributed by atoms with van der Waals surface area (Å²) in [5.41, 5.74) is 4.03. The van der Waals surface area contributed by atoms with Crippen molar-refractivity contribution in [2.45, 2.75) is 4.34 Å². The van der Waals surface area contributed by atoms with Crippen LogP contribution in [0.2, 0.25) is 0 Å². The molecule has 6 aromatic rings. The number of nitrogens with zero attached hydrogens (tertiary/aromatic N) is 4. The van der Waals surface area contributed by atoms with E-state index in [9.17, 15) is 4.79 Å². The second-order valence-corrected chi connectivity index (χ2v) is 9.96. The minimum atomic E-state index is -0.221. The van der Waals surface area contributed by atoms with Crippen LogP contribution in [0.15, 0.2) is 114 Å². The summed E-state index contributed by atoms with van der Waals surface area (Å²) in [6.45, 7) is 0. The Morgan fingerprint density at radius 2 is 1.41 bits per heavy atom. The van der Waals surface area contributed by atoms with E-state index < -0.39 is 0 Å². The quantitative estimate of drug-likeness (QED) is 0.203. The molecule has 37 heavy (non-hydrogen) atoms. The number of benzene rings is 4. The molecular formula is C29H20N5OS2+. The molecule has 2 aromatic heterocycles. The average Bonchev–Trinajstić information content (AvgIpc) is 3.35. The van der Waals surface area contributed by atoms with Crippen molar-refractivity contribution in [2.75, 3.05) is 5.32 Å². The summed E-state index contributed by atoms with van der Waals surface area (Å²) in [7, 11) is 0. The zero-order valence-corrected chi connectivity index (χ0v) is 21.2. The third-order valence-electron chi connectivity index (χ3n) is 5.81. The second kappa shape index (κ2) is 9.93. The first-order valence-electron chi connectivity index (χ1n) is 11.6. The Kier molecular flexibility index (Phi) is 6.18.